The molecule has 0 saturated heterocycles. The van der Waals surface area contributed by atoms with Gasteiger partial charge in [0.1, 0.15) is 5.69 Å². The summed E-state index contributed by atoms with van der Waals surface area (Å²) in [5, 5.41) is 5.27. The molecule has 1 heterocycles. The molecule has 0 unspecified atom stereocenters. The van der Waals surface area contributed by atoms with Crippen LogP contribution in [0.5, 0.6) is 0 Å². The molecule has 2 aromatic carbocycles. The number of H-pyrrole nitrogens is 1. The Kier molecular flexibility index (Phi) is 5.30. The highest BCUT2D eigenvalue weighted by molar-refractivity contribution is 7.99. The van der Waals surface area contributed by atoms with E-state index in [1.165, 1.54) is 44.1 Å². The monoisotopic (exact) mass is 478 g/mol. The van der Waals surface area contributed by atoms with Gasteiger partial charge in [0.25, 0.3) is 5.91 Å². The largest absolute Gasteiger partial charge is 0.350 e. The molecule has 4 fully saturated rings. The highest BCUT2D eigenvalue weighted by Gasteiger charge is 2.53. The summed E-state index contributed by atoms with van der Waals surface area (Å²) in [5.41, 5.74) is 3.16. The van der Waals surface area contributed by atoms with Crippen LogP contribution in [0.2, 0.25) is 5.02 Å². The van der Waals surface area contributed by atoms with Gasteiger partial charge in [0, 0.05) is 26.9 Å². The van der Waals surface area contributed by atoms with E-state index in [0.29, 0.717) is 5.69 Å². The average Bonchev–Trinajstić information content (AvgIpc) is 3.11. The first kappa shape index (κ1) is 21.6. The van der Waals surface area contributed by atoms with E-state index in [1.807, 2.05) is 24.3 Å². The van der Waals surface area contributed by atoms with Gasteiger partial charge in [0.05, 0.1) is 4.90 Å². The maximum atomic E-state index is 13.7. The average molecular weight is 479 g/mol. The fourth-order valence-corrected chi connectivity index (χ4v) is 8.47. The lowest BCUT2D eigenvalue weighted by molar-refractivity contribution is -0.0688. The van der Waals surface area contributed by atoms with Crippen LogP contribution in [0.1, 0.15) is 61.5 Å². The molecule has 5 heteroatoms. The molecular weight excluding hydrogens is 448 g/mol. The van der Waals surface area contributed by atoms with Gasteiger partial charge in [0.2, 0.25) is 0 Å². The SMILES string of the molecule is Cc1ccc2c(Sc3ccc(Cl)cc3)c(C(=O)N[C@H](C)C34CC5CC(CC(C5)C3)C4)[nH]c2c1. The first-order chi connectivity index (χ1) is 15.9. The molecule has 4 aliphatic carbocycles. The third kappa shape index (κ3) is 3.89. The first-order valence-corrected chi connectivity index (χ1v) is 13.4. The Hall–Kier alpha value is -1.91. The van der Waals surface area contributed by atoms with Gasteiger partial charge in [0.15, 0.2) is 0 Å². The van der Waals surface area contributed by atoms with E-state index in [9.17, 15) is 4.79 Å². The Balaban J connectivity index is 1.31. The lowest BCUT2D eigenvalue weighted by atomic mass is 9.48. The molecule has 3 aromatic rings. The Labute approximate surface area is 205 Å². The molecule has 2 N–H and O–H groups in total. The number of carbonyl (C=O) groups is 1. The highest BCUT2D eigenvalue weighted by Crippen LogP contribution is 2.61. The van der Waals surface area contributed by atoms with Gasteiger partial charge in [-0.05, 0) is 111 Å². The summed E-state index contributed by atoms with van der Waals surface area (Å²) in [5.74, 6) is 2.65. The van der Waals surface area contributed by atoms with E-state index < -0.39 is 0 Å². The van der Waals surface area contributed by atoms with Crippen LogP contribution in [0, 0.1) is 30.1 Å². The quantitative estimate of drug-likeness (QED) is 0.396. The zero-order chi connectivity index (χ0) is 22.7. The summed E-state index contributed by atoms with van der Waals surface area (Å²) in [6.07, 6.45) is 8.13. The number of hydrogen-bond donors (Lipinski definition) is 2. The van der Waals surface area contributed by atoms with Gasteiger partial charge < -0.3 is 10.3 Å². The number of amides is 1. The molecule has 33 heavy (non-hydrogen) atoms. The Morgan fingerprint density at radius 3 is 2.33 bits per heavy atom. The van der Waals surface area contributed by atoms with Crippen molar-refractivity contribution in [2.24, 2.45) is 23.2 Å². The van der Waals surface area contributed by atoms with Crippen molar-refractivity contribution in [2.75, 3.05) is 0 Å². The molecule has 4 saturated carbocycles. The van der Waals surface area contributed by atoms with Gasteiger partial charge in [-0.1, -0.05) is 35.5 Å². The third-order valence-electron chi connectivity index (χ3n) is 8.52. The number of hydrogen-bond acceptors (Lipinski definition) is 2. The van der Waals surface area contributed by atoms with Crippen LogP contribution in [0.15, 0.2) is 52.3 Å². The topological polar surface area (TPSA) is 44.9 Å². The standard InChI is InChI=1S/C28H31ClN2OS/c1-16-3-8-23-24(9-16)31-25(26(23)33-22-6-4-21(29)5-7-22)27(32)30-17(2)28-13-18-10-19(14-28)12-20(11-18)15-28/h3-9,17-20,31H,10-15H2,1-2H3,(H,30,32)/t17-,18?,19?,20?,28?/m1/s1. The van der Waals surface area contributed by atoms with Crippen molar-refractivity contribution in [3.63, 3.8) is 0 Å². The third-order valence-corrected chi connectivity index (χ3v) is 9.91. The van der Waals surface area contributed by atoms with Crippen molar-refractivity contribution in [2.45, 2.75) is 68.2 Å². The second kappa shape index (κ2) is 8.09. The summed E-state index contributed by atoms with van der Waals surface area (Å²) in [7, 11) is 0. The number of aromatic amines is 1. The van der Waals surface area contributed by atoms with Crippen molar-refractivity contribution in [1.29, 1.82) is 0 Å². The van der Waals surface area contributed by atoms with Crippen LogP contribution in [0.3, 0.4) is 0 Å². The second-order valence-electron chi connectivity index (χ2n) is 10.9. The summed E-state index contributed by atoms with van der Waals surface area (Å²) in [6, 6.07) is 14.4. The van der Waals surface area contributed by atoms with Gasteiger partial charge in [-0.3, -0.25) is 4.79 Å². The number of halogens is 1. The highest BCUT2D eigenvalue weighted by atomic mass is 35.5. The lowest BCUT2D eigenvalue weighted by Gasteiger charge is -2.59. The van der Waals surface area contributed by atoms with Crippen LogP contribution in [0.4, 0.5) is 0 Å². The van der Waals surface area contributed by atoms with Gasteiger partial charge in [-0.25, -0.2) is 0 Å². The number of carbonyl (C=O) groups excluding carboxylic acids is 1. The number of nitrogens with one attached hydrogen (secondary N) is 2. The number of aromatic nitrogens is 1. The number of aryl methyl sites for hydroxylation is 1. The molecule has 3 nitrogen and oxygen atoms in total. The fourth-order valence-electron chi connectivity index (χ4n) is 7.30. The normalized spacial score (nSPS) is 28.9. The minimum atomic E-state index is 0.0172. The molecule has 0 spiro atoms. The van der Waals surface area contributed by atoms with Crippen molar-refractivity contribution in [1.82, 2.24) is 10.3 Å². The molecule has 1 aromatic heterocycles. The second-order valence-corrected chi connectivity index (χ2v) is 12.4. The molecule has 1 amide bonds. The van der Waals surface area contributed by atoms with Gasteiger partial charge in [-0.15, -0.1) is 0 Å². The Morgan fingerprint density at radius 1 is 1.06 bits per heavy atom. The van der Waals surface area contributed by atoms with E-state index in [4.69, 9.17) is 11.6 Å². The predicted octanol–water partition coefficient (Wildman–Crippen LogP) is 7.62. The van der Waals surface area contributed by atoms with Crippen LogP contribution < -0.4 is 5.32 Å². The summed E-state index contributed by atoms with van der Waals surface area (Å²) in [6.45, 7) is 4.34. The molecule has 4 aliphatic rings. The van der Waals surface area contributed by atoms with E-state index in [0.717, 1.165) is 43.5 Å². The van der Waals surface area contributed by atoms with Crippen molar-refractivity contribution >= 4 is 40.2 Å². The lowest BCUT2D eigenvalue weighted by Crippen LogP contribution is -2.55. The fraction of sp³-hybridized carbons (Fsp3) is 0.464. The van der Waals surface area contributed by atoms with E-state index >= 15 is 0 Å². The van der Waals surface area contributed by atoms with Crippen LogP contribution in [-0.2, 0) is 0 Å². The molecular formula is C28H31ClN2OS. The predicted molar refractivity (Wildman–Crippen MR) is 136 cm³/mol. The minimum Gasteiger partial charge on any atom is -0.350 e. The smallest absolute Gasteiger partial charge is 0.269 e. The van der Waals surface area contributed by atoms with Crippen molar-refractivity contribution in [3.05, 3.63) is 58.7 Å². The summed E-state index contributed by atoms with van der Waals surface area (Å²) >= 11 is 7.72. The summed E-state index contributed by atoms with van der Waals surface area (Å²) in [4.78, 5) is 19.2. The number of fused-ring (bicyclic) bond motifs is 1. The Bertz CT molecular complexity index is 1180. The Morgan fingerprint density at radius 2 is 1.70 bits per heavy atom. The molecule has 172 valence electrons. The van der Waals surface area contributed by atoms with Gasteiger partial charge >= 0.3 is 0 Å². The van der Waals surface area contributed by atoms with Gasteiger partial charge in [-0.2, -0.15) is 0 Å². The maximum Gasteiger partial charge on any atom is 0.269 e. The summed E-state index contributed by atoms with van der Waals surface area (Å²) < 4.78 is 0. The zero-order valence-electron chi connectivity index (χ0n) is 19.3. The number of benzene rings is 2. The molecule has 4 bridgehead atoms. The van der Waals surface area contributed by atoms with Crippen LogP contribution >= 0.6 is 23.4 Å². The van der Waals surface area contributed by atoms with E-state index in [2.05, 4.69) is 42.3 Å². The van der Waals surface area contributed by atoms with E-state index in [1.54, 1.807) is 11.8 Å². The maximum absolute atomic E-state index is 13.7. The van der Waals surface area contributed by atoms with Crippen LogP contribution in [-0.4, -0.2) is 16.9 Å². The molecule has 1 atom stereocenters. The molecule has 0 aliphatic heterocycles. The van der Waals surface area contributed by atoms with Crippen molar-refractivity contribution < 1.29 is 4.79 Å². The van der Waals surface area contributed by atoms with E-state index in [-0.39, 0.29) is 17.4 Å². The zero-order valence-corrected chi connectivity index (χ0v) is 20.9. The molecule has 0 radical (unpaired) electrons. The van der Waals surface area contributed by atoms with Crippen molar-refractivity contribution in [3.8, 4) is 0 Å². The first-order valence-electron chi connectivity index (χ1n) is 12.3. The van der Waals surface area contributed by atoms with Crippen LogP contribution in [0.25, 0.3) is 10.9 Å². The number of rotatable bonds is 5. The molecule has 7 rings (SSSR count). The minimum absolute atomic E-state index is 0.0172.